The zero-order valence-electron chi connectivity index (χ0n) is 12.8. The fourth-order valence-corrected chi connectivity index (χ4v) is 2.89. The molecule has 25 heavy (non-hydrogen) atoms. The molecule has 2 aromatic rings. The van der Waals surface area contributed by atoms with E-state index in [0.29, 0.717) is 0 Å². The maximum absolute atomic E-state index is 13.0. The number of alkyl halides is 3. The quantitative estimate of drug-likeness (QED) is 0.671. The molecule has 2 rings (SSSR count). The van der Waals surface area contributed by atoms with Crippen LogP contribution in [0.5, 0.6) is 0 Å². The van der Waals surface area contributed by atoms with Crippen LogP contribution in [0.2, 0.25) is 0 Å². The first-order chi connectivity index (χ1) is 11.7. The number of rotatable bonds is 5. The molecule has 0 bridgehead atoms. The Morgan fingerprint density at radius 2 is 1.80 bits per heavy atom. The lowest BCUT2D eigenvalue weighted by atomic mass is 10.0. The van der Waals surface area contributed by atoms with E-state index in [2.05, 4.69) is 27.9 Å². The summed E-state index contributed by atoms with van der Waals surface area (Å²) in [7, 11) is 0. The summed E-state index contributed by atoms with van der Waals surface area (Å²) in [6, 6.07) is 10.4. The van der Waals surface area contributed by atoms with Gasteiger partial charge in [-0.3, -0.25) is 9.59 Å². The second-order valence-corrected chi connectivity index (χ2v) is 6.55. The van der Waals surface area contributed by atoms with Crippen LogP contribution in [0, 0.1) is 3.57 Å². The smallest absolute Gasteiger partial charge is 0.368 e. The third kappa shape index (κ3) is 5.18. The van der Waals surface area contributed by atoms with Crippen LogP contribution >= 0.6 is 22.6 Å². The molecule has 0 aromatic heterocycles. The third-order valence-electron chi connectivity index (χ3n) is 3.45. The highest BCUT2D eigenvalue weighted by atomic mass is 127. The minimum Gasteiger partial charge on any atom is -0.368 e. The van der Waals surface area contributed by atoms with Crippen molar-refractivity contribution >= 4 is 34.4 Å². The Kier molecular flexibility index (Phi) is 6.04. The van der Waals surface area contributed by atoms with Crippen LogP contribution in [0.3, 0.4) is 0 Å². The maximum Gasteiger partial charge on any atom is 0.417 e. The van der Waals surface area contributed by atoms with Gasteiger partial charge in [0.1, 0.15) is 6.04 Å². The molecular weight excluding hydrogens is 448 g/mol. The van der Waals surface area contributed by atoms with Crippen molar-refractivity contribution in [3.63, 3.8) is 0 Å². The highest BCUT2D eigenvalue weighted by Gasteiger charge is 2.35. The molecule has 0 saturated carbocycles. The lowest BCUT2D eigenvalue weighted by molar-refractivity contribution is -0.137. The number of hydrogen-bond acceptors (Lipinski definition) is 2. The molecule has 3 N–H and O–H groups in total. The first-order valence-corrected chi connectivity index (χ1v) is 8.27. The molecule has 0 saturated heterocycles. The molecule has 0 fully saturated rings. The first-order valence-electron chi connectivity index (χ1n) is 7.19. The Labute approximate surface area is 155 Å². The molecule has 8 heteroatoms. The third-order valence-corrected chi connectivity index (χ3v) is 4.13. The normalized spacial score (nSPS) is 12.5. The summed E-state index contributed by atoms with van der Waals surface area (Å²) < 4.78 is 40.0. The Hall–Kier alpha value is -2.10. The van der Waals surface area contributed by atoms with Gasteiger partial charge in [0.25, 0.3) is 5.91 Å². The number of halogens is 4. The van der Waals surface area contributed by atoms with Gasteiger partial charge in [-0.2, -0.15) is 13.2 Å². The number of nitrogens with one attached hydrogen (secondary N) is 1. The van der Waals surface area contributed by atoms with Crippen molar-refractivity contribution in [2.24, 2.45) is 5.73 Å². The predicted molar refractivity (Wildman–Crippen MR) is 94.8 cm³/mol. The van der Waals surface area contributed by atoms with Crippen molar-refractivity contribution in [2.75, 3.05) is 0 Å². The average Bonchev–Trinajstić information content (AvgIpc) is 2.53. The number of nitrogens with two attached hydrogens (primary N) is 1. The molecule has 0 radical (unpaired) electrons. The minimum atomic E-state index is -4.67. The number of primary amides is 1. The van der Waals surface area contributed by atoms with E-state index in [0.717, 1.165) is 21.3 Å². The van der Waals surface area contributed by atoms with E-state index >= 15 is 0 Å². The zero-order valence-corrected chi connectivity index (χ0v) is 15.0. The average molecular weight is 462 g/mol. The van der Waals surface area contributed by atoms with Gasteiger partial charge >= 0.3 is 6.18 Å². The van der Waals surface area contributed by atoms with E-state index in [1.165, 1.54) is 12.1 Å². The van der Waals surface area contributed by atoms with Gasteiger partial charge in [-0.25, -0.2) is 0 Å². The van der Waals surface area contributed by atoms with Gasteiger partial charge in [-0.05, 0) is 52.4 Å². The summed E-state index contributed by atoms with van der Waals surface area (Å²) in [6.07, 6.45) is -4.59. The standard InChI is InChI=1S/C17H14F3IN2O2/c18-17(19,20)13-7-2-1-6-12(13)16(25)23-14(15(22)24)9-10-4-3-5-11(21)8-10/h1-8,14H,9H2,(H2,22,24)(H,23,25)/t14-/m1/s1. The molecule has 2 aromatic carbocycles. The molecule has 4 nitrogen and oxygen atoms in total. The van der Waals surface area contributed by atoms with Crippen LogP contribution in [0.1, 0.15) is 21.5 Å². The van der Waals surface area contributed by atoms with Crippen LogP contribution in [0.25, 0.3) is 0 Å². The van der Waals surface area contributed by atoms with Crippen LogP contribution in [-0.2, 0) is 17.4 Å². The van der Waals surface area contributed by atoms with Gasteiger partial charge in [0.05, 0.1) is 11.1 Å². The summed E-state index contributed by atoms with van der Waals surface area (Å²) in [4.78, 5) is 23.9. The summed E-state index contributed by atoms with van der Waals surface area (Å²) in [5, 5.41) is 2.30. The zero-order chi connectivity index (χ0) is 18.6. The van der Waals surface area contributed by atoms with Crippen molar-refractivity contribution in [3.05, 3.63) is 68.8 Å². The van der Waals surface area contributed by atoms with E-state index in [4.69, 9.17) is 5.73 Å². The van der Waals surface area contributed by atoms with Crippen LogP contribution in [0.4, 0.5) is 13.2 Å². The largest absolute Gasteiger partial charge is 0.417 e. The van der Waals surface area contributed by atoms with E-state index < -0.39 is 35.2 Å². The second-order valence-electron chi connectivity index (χ2n) is 5.31. The van der Waals surface area contributed by atoms with Gasteiger partial charge in [-0.1, -0.05) is 24.3 Å². The van der Waals surface area contributed by atoms with Crippen LogP contribution in [-0.4, -0.2) is 17.9 Å². The lowest BCUT2D eigenvalue weighted by Crippen LogP contribution is -2.46. The van der Waals surface area contributed by atoms with E-state index in [9.17, 15) is 22.8 Å². The summed E-state index contributed by atoms with van der Waals surface area (Å²) in [5.74, 6) is -1.82. The molecule has 132 valence electrons. The molecule has 0 aliphatic rings. The van der Waals surface area contributed by atoms with E-state index in [-0.39, 0.29) is 6.42 Å². The van der Waals surface area contributed by atoms with Gasteiger partial charge in [-0.15, -0.1) is 0 Å². The van der Waals surface area contributed by atoms with Gasteiger partial charge in [0.15, 0.2) is 0 Å². The minimum absolute atomic E-state index is 0.0894. The number of amides is 2. The number of hydrogen-bond donors (Lipinski definition) is 2. The second kappa shape index (κ2) is 7.85. The van der Waals surface area contributed by atoms with Crippen molar-refractivity contribution < 1.29 is 22.8 Å². The van der Waals surface area contributed by atoms with Crippen molar-refractivity contribution in [1.82, 2.24) is 5.32 Å². The van der Waals surface area contributed by atoms with Crippen molar-refractivity contribution in [2.45, 2.75) is 18.6 Å². The molecule has 0 spiro atoms. The Bertz CT molecular complexity index is 793. The van der Waals surface area contributed by atoms with Crippen molar-refractivity contribution in [1.29, 1.82) is 0 Å². The van der Waals surface area contributed by atoms with Gasteiger partial charge in [0.2, 0.25) is 5.91 Å². The molecule has 0 aliphatic carbocycles. The van der Waals surface area contributed by atoms with Gasteiger partial charge in [0, 0.05) is 9.99 Å². The molecule has 1 atom stereocenters. The molecule has 0 aliphatic heterocycles. The topological polar surface area (TPSA) is 72.2 Å². The fraction of sp³-hybridized carbons (Fsp3) is 0.176. The Balaban J connectivity index is 2.23. The number of carbonyl (C=O) groups is 2. The summed E-state index contributed by atoms with van der Waals surface area (Å²) in [6.45, 7) is 0. The van der Waals surface area contributed by atoms with E-state index in [1.54, 1.807) is 18.2 Å². The maximum atomic E-state index is 13.0. The Morgan fingerprint density at radius 3 is 2.40 bits per heavy atom. The summed E-state index contributed by atoms with van der Waals surface area (Å²) >= 11 is 2.09. The molecule has 2 amide bonds. The number of carbonyl (C=O) groups excluding carboxylic acids is 2. The first kappa shape index (κ1) is 19.2. The van der Waals surface area contributed by atoms with Crippen molar-refractivity contribution in [3.8, 4) is 0 Å². The predicted octanol–water partition coefficient (Wildman–Crippen LogP) is 3.14. The van der Waals surface area contributed by atoms with Crippen LogP contribution < -0.4 is 11.1 Å². The SMILES string of the molecule is NC(=O)[C@@H](Cc1cccc(I)c1)NC(=O)c1ccccc1C(F)(F)F. The Morgan fingerprint density at radius 1 is 1.12 bits per heavy atom. The molecule has 0 heterocycles. The van der Waals surface area contributed by atoms with Gasteiger partial charge < -0.3 is 11.1 Å². The number of benzene rings is 2. The fourth-order valence-electron chi connectivity index (χ4n) is 2.29. The van der Waals surface area contributed by atoms with Crippen LogP contribution in [0.15, 0.2) is 48.5 Å². The molecule has 0 unspecified atom stereocenters. The van der Waals surface area contributed by atoms with E-state index in [1.807, 2.05) is 6.07 Å². The summed E-state index contributed by atoms with van der Waals surface area (Å²) in [5.41, 5.74) is 4.41. The highest BCUT2D eigenvalue weighted by molar-refractivity contribution is 14.1. The lowest BCUT2D eigenvalue weighted by Gasteiger charge is -2.18. The molecular formula is C17H14F3IN2O2. The monoisotopic (exact) mass is 462 g/mol. The highest BCUT2D eigenvalue weighted by Crippen LogP contribution is 2.31.